The molecule has 2 aliphatic carbocycles. The van der Waals surface area contributed by atoms with Gasteiger partial charge in [0.1, 0.15) is 5.75 Å². The number of rotatable bonds is 2. The van der Waals surface area contributed by atoms with Crippen molar-refractivity contribution in [2.45, 2.75) is 31.3 Å². The number of methoxy groups -OCH3 is 1. The van der Waals surface area contributed by atoms with E-state index >= 15 is 0 Å². The Bertz CT molecular complexity index is 384. The molecule has 0 radical (unpaired) electrons. The van der Waals surface area contributed by atoms with Crippen LogP contribution in [0.2, 0.25) is 0 Å². The van der Waals surface area contributed by atoms with Crippen LogP contribution in [0.3, 0.4) is 0 Å². The number of ether oxygens (including phenoxy) is 1. The molecule has 0 spiro atoms. The maximum Gasteiger partial charge on any atom is 0.118 e. The number of hydrogen-bond acceptors (Lipinski definition) is 2. The molecule has 0 aliphatic heterocycles. The normalized spacial score (nSPS) is 36.6. The summed E-state index contributed by atoms with van der Waals surface area (Å²) < 4.78 is 5.14. The summed E-state index contributed by atoms with van der Waals surface area (Å²) in [6.07, 6.45) is 4.73. The molecule has 2 aliphatic rings. The Kier molecular flexibility index (Phi) is 2.21. The van der Waals surface area contributed by atoms with E-state index in [2.05, 4.69) is 0 Å². The first kappa shape index (κ1) is 10.2. The Morgan fingerprint density at radius 2 is 2.00 bits per heavy atom. The van der Waals surface area contributed by atoms with Gasteiger partial charge in [-0.05, 0) is 48.8 Å². The third-order valence-corrected chi connectivity index (χ3v) is 4.44. The molecule has 16 heavy (non-hydrogen) atoms. The summed E-state index contributed by atoms with van der Waals surface area (Å²) in [4.78, 5) is 0. The maximum atomic E-state index is 10.7. The van der Waals surface area contributed by atoms with E-state index in [0.29, 0.717) is 5.92 Å². The summed E-state index contributed by atoms with van der Waals surface area (Å²) in [7, 11) is 1.67. The van der Waals surface area contributed by atoms with Crippen molar-refractivity contribution in [2.24, 2.45) is 11.8 Å². The van der Waals surface area contributed by atoms with Gasteiger partial charge < -0.3 is 9.84 Å². The third kappa shape index (κ3) is 1.29. The zero-order valence-electron chi connectivity index (χ0n) is 9.65. The van der Waals surface area contributed by atoms with Crippen LogP contribution < -0.4 is 4.74 Å². The van der Waals surface area contributed by atoms with Crippen molar-refractivity contribution in [3.05, 3.63) is 29.8 Å². The number of benzene rings is 1. The molecule has 3 atom stereocenters. The molecule has 0 bridgehead atoms. The van der Waals surface area contributed by atoms with Crippen molar-refractivity contribution in [3.63, 3.8) is 0 Å². The zero-order chi connectivity index (χ0) is 11.2. The number of hydrogen-bond donors (Lipinski definition) is 1. The van der Waals surface area contributed by atoms with Crippen molar-refractivity contribution >= 4 is 0 Å². The molecular formula is C14H18O2. The highest BCUT2D eigenvalue weighted by Crippen LogP contribution is 2.58. The van der Waals surface area contributed by atoms with Gasteiger partial charge in [0.15, 0.2) is 0 Å². The van der Waals surface area contributed by atoms with Crippen LogP contribution in [0.5, 0.6) is 5.75 Å². The number of aliphatic hydroxyl groups is 1. The first-order valence-electron chi connectivity index (χ1n) is 6.11. The van der Waals surface area contributed by atoms with Crippen LogP contribution in [-0.2, 0) is 5.60 Å². The number of fused-ring (bicyclic) bond motifs is 1. The Labute approximate surface area is 96.2 Å². The fourth-order valence-corrected chi connectivity index (χ4v) is 3.51. The second-order valence-corrected chi connectivity index (χ2v) is 5.15. The van der Waals surface area contributed by atoms with Gasteiger partial charge in [0.05, 0.1) is 12.7 Å². The van der Waals surface area contributed by atoms with Gasteiger partial charge in [-0.3, -0.25) is 0 Å². The van der Waals surface area contributed by atoms with Gasteiger partial charge in [0.25, 0.3) is 0 Å². The topological polar surface area (TPSA) is 29.5 Å². The van der Waals surface area contributed by atoms with E-state index in [4.69, 9.17) is 4.74 Å². The zero-order valence-corrected chi connectivity index (χ0v) is 9.65. The van der Waals surface area contributed by atoms with Crippen LogP contribution in [0.15, 0.2) is 24.3 Å². The Hall–Kier alpha value is -1.02. The molecule has 3 rings (SSSR count). The third-order valence-electron chi connectivity index (χ3n) is 4.44. The van der Waals surface area contributed by atoms with E-state index in [1.54, 1.807) is 7.11 Å². The van der Waals surface area contributed by atoms with Crippen LogP contribution in [-0.4, -0.2) is 12.2 Å². The molecule has 1 N–H and O–H groups in total. The van der Waals surface area contributed by atoms with Gasteiger partial charge >= 0.3 is 0 Å². The van der Waals surface area contributed by atoms with Gasteiger partial charge in [-0.25, -0.2) is 0 Å². The highest BCUT2D eigenvalue weighted by Gasteiger charge is 2.55. The summed E-state index contributed by atoms with van der Waals surface area (Å²) in [6, 6.07) is 7.89. The molecule has 0 unspecified atom stereocenters. The van der Waals surface area contributed by atoms with Gasteiger partial charge in [-0.1, -0.05) is 18.6 Å². The van der Waals surface area contributed by atoms with Crippen molar-refractivity contribution in [3.8, 4) is 5.75 Å². The SMILES string of the molecule is COc1ccc([C@@]2(O)C[C@@H]3CCC[C@@H]32)cc1. The molecule has 86 valence electrons. The van der Waals surface area contributed by atoms with Gasteiger partial charge in [0.2, 0.25) is 0 Å². The van der Waals surface area contributed by atoms with E-state index in [1.807, 2.05) is 24.3 Å². The lowest BCUT2D eigenvalue weighted by Crippen LogP contribution is -2.48. The quantitative estimate of drug-likeness (QED) is 0.827. The predicted octanol–water partition coefficient (Wildman–Crippen LogP) is 2.70. The summed E-state index contributed by atoms with van der Waals surface area (Å²) in [5.41, 5.74) is 0.518. The Morgan fingerprint density at radius 3 is 2.62 bits per heavy atom. The van der Waals surface area contributed by atoms with Crippen molar-refractivity contribution in [1.29, 1.82) is 0 Å². The minimum absolute atomic E-state index is 0.501. The van der Waals surface area contributed by atoms with Crippen molar-refractivity contribution in [2.75, 3.05) is 7.11 Å². The largest absolute Gasteiger partial charge is 0.497 e. The van der Waals surface area contributed by atoms with Crippen LogP contribution in [0.4, 0.5) is 0 Å². The minimum Gasteiger partial charge on any atom is -0.497 e. The molecule has 1 aromatic rings. The highest BCUT2D eigenvalue weighted by atomic mass is 16.5. The smallest absolute Gasteiger partial charge is 0.118 e. The van der Waals surface area contributed by atoms with E-state index in [9.17, 15) is 5.11 Å². The van der Waals surface area contributed by atoms with Crippen LogP contribution in [0, 0.1) is 11.8 Å². The average molecular weight is 218 g/mol. The Balaban J connectivity index is 1.86. The van der Waals surface area contributed by atoms with E-state index in [0.717, 1.165) is 23.7 Å². The predicted molar refractivity (Wildman–Crippen MR) is 62.3 cm³/mol. The molecule has 2 saturated carbocycles. The fourth-order valence-electron chi connectivity index (χ4n) is 3.51. The van der Waals surface area contributed by atoms with Crippen molar-refractivity contribution in [1.82, 2.24) is 0 Å². The molecule has 0 heterocycles. The molecule has 2 nitrogen and oxygen atoms in total. The first-order chi connectivity index (χ1) is 7.74. The maximum absolute atomic E-state index is 10.7. The van der Waals surface area contributed by atoms with Crippen LogP contribution in [0.1, 0.15) is 31.2 Å². The van der Waals surface area contributed by atoms with Gasteiger partial charge in [0, 0.05) is 0 Å². The average Bonchev–Trinajstić information content (AvgIpc) is 2.71. The lowest BCUT2D eigenvalue weighted by atomic mass is 9.60. The van der Waals surface area contributed by atoms with Crippen LogP contribution in [0.25, 0.3) is 0 Å². The second kappa shape index (κ2) is 3.49. The highest BCUT2D eigenvalue weighted by molar-refractivity contribution is 5.33. The molecule has 0 saturated heterocycles. The monoisotopic (exact) mass is 218 g/mol. The van der Waals surface area contributed by atoms with E-state index < -0.39 is 5.60 Å². The lowest BCUT2D eigenvalue weighted by molar-refractivity contribution is -0.132. The Morgan fingerprint density at radius 1 is 1.25 bits per heavy atom. The van der Waals surface area contributed by atoms with E-state index in [-0.39, 0.29) is 0 Å². The van der Waals surface area contributed by atoms with E-state index in [1.165, 1.54) is 19.3 Å². The molecule has 1 aromatic carbocycles. The molecule has 2 heteroatoms. The van der Waals surface area contributed by atoms with Gasteiger partial charge in [-0.2, -0.15) is 0 Å². The fraction of sp³-hybridized carbons (Fsp3) is 0.571. The first-order valence-corrected chi connectivity index (χ1v) is 6.11. The van der Waals surface area contributed by atoms with Crippen molar-refractivity contribution < 1.29 is 9.84 Å². The molecule has 2 fully saturated rings. The van der Waals surface area contributed by atoms with Crippen LogP contribution >= 0.6 is 0 Å². The molecule has 0 aromatic heterocycles. The summed E-state index contributed by atoms with van der Waals surface area (Å²) in [6.45, 7) is 0. The molecular weight excluding hydrogens is 200 g/mol. The standard InChI is InChI=1S/C14H18O2/c1-16-12-7-5-11(6-8-12)14(15)9-10-3-2-4-13(10)14/h5-8,10,13,15H,2-4,9H2,1H3/t10-,13-,14-/m0/s1. The molecule has 0 amide bonds. The summed E-state index contributed by atoms with van der Waals surface area (Å²) in [5.74, 6) is 2.13. The minimum atomic E-state index is -0.548. The second-order valence-electron chi connectivity index (χ2n) is 5.15. The van der Waals surface area contributed by atoms with Gasteiger partial charge in [-0.15, -0.1) is 0 Å². The summed E-state index contributed by atoms with van der Waals surface area (Å²) in [5, 5.41) is 10.7. The summed E-state index contributed by atoms with van der Waals surface area (Å²) >= 11 is 0. The lowest BCUT2D eigenvalue weighted by Gasteiger charge is -2.49.